The maximum absolute atomic E-state index is 13.6. The number of nitrogens with one attached hydrogen (secondary N) is 2. The van der Waals surface area contributed by atoms with E-state index in [2.05, 4.69) is 10.3 Å². The van der Waals surface area contributed by atoms with Crippen LogP contribution in [0.4, 0.5) is 4.39 Å². The number of carbonyl (C=O) groups is 1. The van der Waals surface area contributed by atoms with E-state index >= 15 is 0 Å². The van der Waals surface area contributed by atoms with Gasteiger partial charge >= 0.3 is 0 Å². The number of aromatic nitrogens is 1. The zero-order chi connectivity index (χ0) is 15.0. The van der Waals surface area contributed by atoms with Gasteiger partial charge in [0.15, 0.2) is 9.84 Å². The highest BCUT2D eigenvalue weighted by molar-refractivity contribution is 7.91. The second-order valence-electron chi connectivity index (χ2n) is 5.36. The minimum atomic E-state index is -2.94. The maximum atomic E-state index is 13.6. The number of aromatic amines is 1. The summed E-state index contributed by atoms with van der Waals surface area (Å²) >= 11 is 0. The highest BCUT2D eigenvalue weighted by Crippen LogP contribution is 2.20. The van der Waals surface area contributed by atoms with Crippen molar-refractivity contribution in [1.29, 1.82) is 0 Å². The van der Waals surface area contributed by atoms with Gasteiger partial charge in [-0.05, 0) is 30.5 Å². The first kappa shape index (κ1) is 14.1. The molecule has 1 unspecified atom stereocenters. The molecule has 1 aromatic carbocycles. The van der Waals surface area contributed by atoms with Crippen molar-refractivity contribution in [2.24, 2.45) is 5.92 Å². The number of carbonyl (C=O) groups excluding carboxylic acids is 1. The fourth-order valence-electron chi connectivity index (χ4n) is 2.61. The molecule has 0 bridgehead atoms. The lowest BCUT2D eigenvalue weighted by atomic mass is 10.1. The van der Waals surface area contributed by atoms with Crippen LogP contribution >= 0.6 is 0 Å². The molecule has 5 nitrogen and oxygen atoms in total. The molecule has 1 aliphatic rings. The SMILES string of the molecule is O=C(NCC1CCS(=O)(=O)C1)c1cc2c(F)cccc2[nH]1. The molecule has 1 amide bonds. The number of fused-ring (bicyclic) bond motifs is 1. The molecule has 112 valence electrons. The third-order valence-corrected chi connectivity index (χ3v) is 5.57. The number of hydrogen-bond donors (Lipinski definition) is 2. The van der Waals surface area contributed by atoms with E-state index in [0.717, 1.165) is 0 Å². The molecule has 1 fully saturated rings. The lowest BCUT2D eigenvalue weighted by Crippen LogP contribution is -2.30. The van der Waals surface area contributed by atoms with E-state index in [4.69, 9.17) is 0 Å². The number of halogens is 1. The first-order valence-electron chi connectivity index (χ1n) is 6.70. The van der Waals surface area contributed by atoms with Gasteiger partial charge in [0.1, 0.15) is 11.5 Å². The molecule has 0 spiro atoms. The molecule has 2 aromatic rings. The van der Waals surface area contributed by atoms with Gasteiger partial charge < -0.3 is 10.3 Å². The van der Waals surface area contributed by atoms with Gasteiger partial charge in [-0.3, -0.25) is 4.79 Å². The summed E-state index contributed by atoms with van der Waals surface area (Å²) < 4.78 is 36.3. The minimum absolute atomic E-state index is 0.0416. The summed E-state index contributed by atoms with van der Waals surface area (Å²) in [6, 6.07) is 6.06. The molecule has 1 saturated heterocycles. The Hall–Kier alpha value is -1.89. The van der Waals surface area contributed by atoms with Crippen molar-refractivity contribution in [3.05, 3.63) is 35.8 Å². The van der Waals surface area contributed by atoms with E-state index in [1.165, 1.54) is 12.1 Å². The minimum Gasteiger partial charge on any atom is -0.350 e. The molecule has 0 aliphatic carbocycles. The summed E-state index contributed by atoms with van der Waals surface area (Å²) in [6.07, 6.45) is 0.573. The average Bonchev–Trinajstić information content (AvgIpc) is 3.00. The van der Waals surface area contributed by atoms with Crippen molar-refractivity contribution in [2.45, 2.75) is 6.42 Å². The first-order chi connectivity index (χ1) is 9.94. The molecular formula is C14H15FN2O3S. The molecule has 1 aromatic heterocycles. The topological polar surface area (TPSA) is 79.0 Å². The van der Waals surface area contributed by atoms with Gasteiger partial charge in [-0.25, -0.2) is 12.8 Å². The Kier molecular flexibility index (Phi) is 3.44. The number of rotatable bonds is 3. The maximum Gasteiger partial charge on any atom is 0.267 e. The number of H-pyrrole nitrogens is 1. The zero-order valence-corrected chi connectivity index (χ0v) is 12.0. The van der Waals surface area contributed by atoms with Crippen LogP contribution in [0.3, 0.4) is 0 Å². The second-order valence-corrected chi connectivity index (χ2v) is 7.59. The number of benzene rings is 1. The van der Waals surface area contributed by atoms with E-state index < -0.39 is 9.84 Å². The fraction of sp³-hybridized carbons (Fsp3) is 0.357. The highest BCUT2D eigenvalue weighted by atomic mass is 32.2. The van der Waals surface area contributed by atoms with Gasteiger partial charge in [0.25, 0.3) is 5.91 Å². The van der Waals surface area contributed by atoms with Gasteiger partial charge in [0.05, 0.1) is 11.5 Å². The highest BCUT2D eigenvalue weighted by Gasteiger charge is 2.28. The van der Waals surface area contributed by atoms with Crippen molar-refractivity contribution in [3.63, 3.8) is 0 Å². The van der Waals surface area contributed by atoms with Gasteiger partial charge in [-0.1, -0.05) is 6.07 Å². The van der Waals surface area contributed by atoms with Crippen molar-refractivity contribution in [2.75, 3.05) is 18.1 Å². The largest absolute Gasteiger partial charge is 0.350 e. The van der Waals surface area contributed by atoms with Gasteiger partial charge in [0.2, 0.25) is 0 Å². The normalized spacial score (nSPS) is 20.7. The molecule has 0 saturated carbocycles. The Bertz CT molecular complexity index is 798. The monoisotopic (exact) mass is 310 g/mol. The van der Waals surface area contributed by atoms with E-state index in [0.29, 0.717) is 23.9 Å². The third kappa shape index (κ3) is 2.92. The quantitative estimate of drug-likeness (QED) is 0.901. The lowest BCUT2D eigenvalue weighted by Gasteiger charge is -2.08. The standard InChI is InChI=1S/C14H15FN2O3S/c15-11-2-1-3-12-10(11)6-13(17-12)14(18)16-7-9-4-5-21(19,20)8-9/h1-3,6,9,17H,4-5,7-8H2,(H,16,18). The van der Waals surface area contributed by atoms with Crippen LogP contribution < -0.4 is 5.32 Å². The van der Waals surface area contributed by atoms with Crippen LogP contribution in [0.2, 0.25) is 0 Å². The summed E-state index contributed by atoms with van der Waals surface area (Å²) in [5.74, 6) is -0.473. The van der Waals surface area contributed by atoms with Crippen LogP contribution in [0.15, 0.2) is 24.3 Å². The van der Waals surface area contributed by atoms with Crippen molar-refractivity contribution < 1.29 is 17.6 Å². The van der Waals surface area contributed by atoms with E-state index in [1.807, 2.05) is 0 Å². The first-order valence-corrected chi connectivity index (χ1v) is 8.52. The number of sulfone groups is 1. The fourth-order valence-corrected chi connectivity index (χ4v) is 4.47. The molecule has 21 heavy (non-hydrogen) atoms. The van der Waals surface area contributed by atoms with Crippen molar-refractivity contribution in [3.8, 4) is 0 Å². The lowest BCUT2D eigenvalue weighted by molar-refractivity contribution is 0.0944. The Labute approximate surface area is 121 Å². The molecule has 1 aliphatic heterocycles. The van der Waals surface area contributed by atoms with E-state index in [1.54, 1.807) is 12.1 Å². The third-order valence-electron chi connectivity index (χ3n) is 3.73. The Balaban J connectivity index is 1.69. The van der Waals surface area contributed by atoms with Crippen LogP contribution in [0.25, 0.3) is 10.9 Å². The average molecular weight is 310 g/mol. The van der Waals surface area contributed by atoms with Crippen molar-refractivity contribution in [1.82, 2.24) is 10.3 Å². The van der Waals surface area contributed by atoms with Gasteiger partial charge in [-0.2, -0.15) is 0 Å². The summed E-state index contributed by atoms with van der Waals surface area (Å²) in [4.78, 5) is 14.9. The molecule has 0 radical (unpaired) electrons. The molecule has 1 atom stereocenters. The van der Waals surface area contributed by atoms with Crippen LogP contribution in [-0.2, 0) is 9.84 Å². The molecule has 2 N–H and O–H groups in total. The van der Waals surface area contributed by atoms with Crippen LogP contribution in [0.5, 0.6) is 0 Å². The van der Waals surface area contributed by atoms with Crippen LogP contribution in [0.1, 0.15) is 16.9 Å². The van der Waals surface area contributed by atoms with E-state index in [9.17, 15) is 17.6 Å². The van der Waals surface area contributed by atoms with Crippen molar-refractivity contribution >= 4 is 26.6 Å². The van der Waals surface area contributed by atoms with Gasteiger partial charge in [0, 0.05) is 17.4 Å². The summed E-state index contributed by atoms with van der Waals surface area (Å²) in [7, 11) is -2.94. The molecule has 7 heteroatoms. The number of amides is 1. The molecule has 2 heterocycles. The van der Waals surface area contributed by atoms with E-state index in [-0.39, 0.29) is 34.8 Å². The second kappa shape index (κ2) is 5.14. The van der Waals surface area contributed by atoms with Crippen LogP contribution in [0, 0.1) is 11.7 Å². The van der Waals surface area contributed by atoms with Gasteiger partial charge in [-0.15, -0.1) is 0 Å². The summed E-state index contributed by atoms with van der Waals surface area (Å²) in [6.45, 7) is 0.315. The van der Waals surface area contributed by atoms with Crippen LogP contribution in [-0.4, -0.2) is 37.4 Å². The molecule has 3 rings (SSSR count). The molecular weight excluding hydrogens is 295 g/mol. The summed E-state index contributed by atoms with van der Waals surface area (Å²) in [5, 5.41) is 3.07. The Morgan fingerprint density at radius 2 is 2.24 bits per heavy atom. The zero-order valence-electron chi connectivity index (χ0n) is 11.2. The predicted octanol–water partition coefficient (Wildman–Crippen LogP) is 1.47. The predicted molar refractivity (Wildman–Crippen MR) is 77.4 cm³/mol. The Morgan fingerprint density at radius 3 is 2.90 bits per heavy atom. The summed E-state index contributed by atoms with van der Waals surface area (Å²) in [5.41, 5.74) is 0.833. The smallest absolute Gasteiger partial charge is 0.267 e. The Morgan fingerprint density at radius 1 is 1.43 bits per heavy atom. The number of hydrogen-bond acceptors (Lipinski definition) is 3.